The molecule has 1 N–H and O–H groups in total. The molecule has 1 aliphatic heterocycles. The molecule has 1 atom stereocenters. The van der Waals surface area contributed by atoms with Crippen LogP contribution in [0, 0.1) is 5.92 Å². The third-order valence-corrected chi connectivity index (χ3v) is 3.72. The first-order valence-corrected chi connectivity index (χ1v) is 6.91. The lowest BCUT2D eigenvalue weighted by molar-refractivity contribution is -0.141. The number of urea groups is 1. The lowest BCUT2D eigenvalue weighted by Gasteiger charge is -2.30. The number of carboxylic acid groups (broad SMARTS) is 1. The Bertz CT molecular complexity index is 328. The number of hydrogen-bond acceptors (Lipinski definition) is 2. The molecule has 2 fully saturated rings. The number of nitrogens with zero attached hydrogens (tertiary/aromatic N) is 2. The van der Waals surface area contributed by atoms with Gasteiger partial charge >= 0.3 is 12.0 Å². The highest BCUT2D eigenvalue weighted by Gasteiger charge is 2.37. The van der Waals surface area contributed by atoms with E-state index in [1.165, 1.54) is 12.8 Å². The number of hydrogen-bond donors (Lipinski definition) is 1. The van der Waals surface area contributed by atoms with E-state index in [2.05, 4.69) is 0 Å². The Morgan fingerprint density at radius 2 is 2.06 bits per heavy atom. The maximum absolute atomic E-state index is 12.4. The zero-order chi connectivity index (χ0) is 13.1. The molecular weight excluding hydrogens is 232 g/mol. The van der Waals surface area contributed by atoms with Gasteiger partial charge in [0, 0.05) is 19.6 Å². The number of likely N-dealkylation sites (tertiary alicyclic amines) is 1. The van der Waals surface area contributed by atoms with E-state index in [9.17, 15) is 9.59 Å². The van der Waals surface area contributed by atoms with Crippen molar-refractivity contribution in [3.8, 4) is 0 Å². The largest absolute Gasteiger partial charge is 0.480 e. The molecular formula is C13H22N2O3. The minimum absolute atomic E-state index is 0.0753. The summed E-state index contributed by atoms with van der Waals surface area (Å²) in [6.45, 7) is 4.17. The van der Waals surface area contributed by atoms with Gasteiger partial charge in [-0.2, -0.15) is 0 Å². The molecule has 1 unspecified atom stereocenters. The van der Waals surface area contributed by atoms with E-state index >= 15 is 0 Å². The fourth-order valence-corrected chi connectivity index (χ4v) is 2.58. The van der Waals surface area contributed by atoms with Crippen molar-refractivity contribution in [2.75, 3.05) is 19.6 Å². The van der Waals surface area contributed by atoms with Crippen LogP contribution in [0.4, 0.5) is 4.79 Å². The van der Waals surface area contributed by atoms with Gasteiger partial charge in [0.05, 0.1) is 0 Å². The standard InChI is InChI=1S/C13H22N2O3/c1-2-7-14(9-10-5-6-10)13(18)15-8-3-4-11(15)12(16)17/h10-11H,2-9H2,1H3,(H,16,17). The minimum atomic E-state index is -0.872. The maximum atomic E-state index is 12.4. The van der Waals surface area contributed by atoms with Crippen molar-refractivity contribution in [2.24, 2.45) is 5.92 Å². The summed E-state index contributed by atoms with van der Waals surface area (Å²) < 4.78 is 0. The van der Waals surface area contributed by atoms with E-state index in [-0.39, 0.29) is 6.03 Å². The van der Waals surface area contributed by atoms with Crippen LogP contribution in [0.15, 0.2) is 0 Å². The molecule has 0 bridgehead atoms. The van der Waals surface area contributed by atoms with Gasteiger partial charge in [0.2, 0.25) is 0 Å². The van der Waals surface area contributed by atoms with Gasteiger partial charge in [-0.3, -0.25) is 0 Å². The summed E-state index contributed by atoms with van der Waals surface area (Å²) in [6, 6.07) is -0.690. The quantitative estimate of drug-likeness (QED) is 0.813. The van der Waals surface area contributed by atoms with Gasteiger partial charge in [0.15, 0.2) is 0 Å². The molecule has 5 nitrogen and oxygen atoms in total. The van der Waals surface area contributed by atoms with Crippen molar-refractivity contribution in [1.82, 2.24) is 9.80 Å². The molecule has 2 rings (SSSR count). The molecule has 1 saturated carbocycles. The van der Waals surface area contributed by atoms with Crippen LogP contribution in [-0.4, -0.2) is 52.6 Å². The van der Waals surface area contributed by atoms with Gasteiger partial charge in [-0.25, -0.2) is 9.59 Å². The Morgan fingerprint density at radius 1 is 1.33 bits per heavy atom. The number of amides is 2. The number of carbonyl (C=O) groups excluding carboxylic acids is 1. The third-order valence-electron chi connectivity index (χ3n) is 3.72. The highest BCUT2D eigenvalue weighted by atomic mass is 16.4. The molecule has 0 aromatic heterocycles. The molecule has 2 aliphatic rings. The second kappa shape index (κ2) is 5.59. The Hall–Kier alpha value is -1.26. The first kappa shape index (κ1) is 13.2. The zero-order valence-corrected chi connectivity index (χ0v) is 11.0. The van der Waals surface area contributed by atoms with E-state index in [4.69, 9.17) is 5.11 Å². The average molecular weight is 254 g/mol. The Labute approximate surface area is 108 Å². The Morgan fingerprint density at radius 3 is 2.61 bits per heavy atom. The van der Waals surface area contributed by atoms with Gasteiger partial charge in [-0.15, -0.1) is 0 Å². The van der Waals surface area contributed by atoms with Crippen LogP contribution in [-0.2, 0) is 4.79 Å². The summed E-state index contributed by atoms with van der Waals surface area (Å²) in [7, 11) is 0. The normalized spacial score (nSPS) is 23.2. The van der Waals surface area contributed by atoms with Gasteiger partial charge in [0.25, 0.3) is 0 Å². The fraction of sp³-hybridized carbons (Fsp3) is 0.846. The van der Waals surface area contributed by atoms with Crippen molar-refractivity contribution in [2.45, 2.75) is 45.1 Å². The van der Waals surface area contributed by atoms with E-state index in [1.54, 1.807) is 4.90 Å². The molecule has 1 saturated heterocycles. The number of carboxylic acids is 1. The van der Waals surface area contributed by atoms with E-state index in [0.717, 1.165) is 25.9 Å². The van der Waals surface area contributed by atoms with Gasteiger partial charge in [-0.1, -0.05) is 6.92 Å². The summed E-state index contributed by atoms with van der Waals surface area (Å²) >= 11 is 0. The second-order valence-corrected chi connectivity index (χ2v) is 5.36. The smallest absolute Gasteiger partial charge is 0.326 e. The lowest BCUT2D eigenvalue weighted by Crippen LogP contribution is -2.48. The predicted molar refractivity (Wildman–Crippen MR) is 67.3 cm³/mol. The Balaban J connectivity index is 1.99. The van der Waals surface area contributed by atoms with Crippen molar-refractivity contribution in [1.29, 1.82) is 0 Å². The molecule has 0 radical (unpaired) electrons. The first-order valence-electron chi connectivity index (χ1n) is 6.91. The molecule has 102 valence electrons. The molecule has 1 heterocycles. The summed E-state index contributed by atoms with van der Waals surface area (Å²) in [6.07, 6.45) is 4.71. The highest BCUT2D eigenvalue weighted by Crippen LogP contribution is 2.30. The molecule has 0 spiro atoms. The third kappa shape index (κ3) is 2.94. The monoisotopic (exact) mass is 254 g/mol. The number of carbonyl (C=O) groups is 2. The van der Waals surface area contributed by atoms with Gasteiger partial charge < -0.3 is 14.9 Å². The van der Waals surface area contributed by atoms with E-state index in [1.807, 2.05) is 11.8 Å². The summed E-state index contributed by atoms with van der Waals surface area (Å²) in [5, 5.41) is 9.13. The summed E-state index contributed by atoms with van der Waals surface area (Å²) in [5.41, 5.74) is 0. The minimum Gasteiger partial charge on any atom is -0.480 e. The summed E-state index contributed by atoms with van der Waals surface area (Å²) in [4.78, 5) is 26.9. The SMILES string of the molecule is CCCN(CC1CC1)C(=O)N1CCCC1C(=O)O. The lowest BCUT2D eigenvalue weighted by atomic mass is 10.2. The van der Waals surface area contributed by atoms with Crippen LogP contribution in [0.5, 0.6) is 0 Å². The van der Waals surface area contributed by atoms with Gasteiger partial charge in [-0.05, 0) is 38.0 Å². The van der Waals surface area contributed by atoms with Crippen molar-refractivity contribution >= 4 is 12.0 Å². The van der Waals surface area contributed by atoms with Crippen LogP contribution in [0.25, 0.3) is 0 Å². The first-order chi connectivity index (χ1) is 8.63. The van der Waals surface area contributed by atoms with Crippen LogP contribution < -0.4 is 0 Å². The molecule has 0 aromatic rings. The molecule has 0 aromatic carbocycles. The average Bonchev–Trinajstić information content (AvgIpc) is 3.01. The van der Waals surface area contributed by atoms with Crippen LogP contribution >= 0.6 is 0 Å². The van der Waals surface area contributed by atoms with Crippen molar-refractivity contribution < 1.29 is 14.7 Å². The molecule has 18 heavy (non-hydrogen) atoms. The fourth-order valence-electron chi connectivity index (χ4n) is 2.58. The van der Waals surface area contributed by atoms with Gasteiger partial charge in [0.1, 0.15) is 6.04 Å². The Kier molecular flexibility index (Phi) is 4.09. The molecule has 1 aliphatic carbocycles. The molecule has 2 amide bonds. The topological polar surface area (TPSA) is 60.9 Å². The zero-order valence-electron chi connectivity index (χ0n) is 11.0. The van der Waals surface area contributed by atoms with Crippen LogP contribution in [0.2, 0.25) is 0 Å². The maximum Gasteiger partial charge on any atom is 0.326 e. The van der Waals surface area contributed by atoms with Crippen molar-refractivity contribution in [3.63, 3.8) is 0 Å². The van der Waals surface area contributed by atoms with E-state index < -0.39 is 12.0 Å². The second-order valence-electron chi connectivity index (χ2n) is 5.36. The number of aliphatic carboxylic acids is 1. The molecule has 5 heteroatoms. The van der Waals surface area contributed by atoms with Crippen molar-refractivity contribution in [3.05, 3.63) is 0 Å². The van der Waals surface area contributed by atoms with E-state index in [0.29, 0.717) is 18.9 Å². The van der Waals surface area contributed by atoms with Crippen LogP contribution in [0.3, 0.4) is 0 Å². The van der Waals surface area contributed by atoms with Crippen LogP contribution in [0.1, 0.15) is 39.0 Å². The number of rotatable bonds is 5. The predicted octanol–water partition coefficient (Wildman–Crippen LogP) is 1.78. The summed E-state index contributed by atoms with van der Waals surface area (Å²) in [5.74, 6) is -0.227. The highest BCUT2D eigenvalue weighted by molar-refractivity contribution is 5.83.